The molecule has 0 saturated heterocycles. The van der Waals surface area contributed by atoms with Crippen LogP contribution in [0.3, 0.4) is 0 Å². The lowest BCUT2D eigenvalue weighted by atomic mass is 10.2. The zero-order valence-electron chi connectivity index (χ0n) is 11.6. The number of methoxy groups -OCH3 is 1. The molecule has 0 aromatic heterocycles. The van der Waals surface area contributed by atoms with Crippen LogP contribution < -0.4 is 10.5 Å². The molecule has 2 rings (SSSR count). The Morgan fingerprint density at radius 1 is 1.45 bits per heavy atom. The monoisotopic (exact) mass is 318 g/mol. The molecule has 0 radical (unpaired) electrons. The van der Waals surface area contributed by atoms with Crippen LogP contribution in [-0.4, -0.2) is 32.4 Å². The van der Waals surface area contributed by atoms with E-state index < -0.39 is 10.0 Å². The number of nitrogens with two attached hydrogens (primary N) is 1. The van der Waals surface area contributed by atoms with Gasteiger partial charge in [0.1, 0.15) is 10.6 Å². The molecule has 0 bridgehead atoms. The van der Waals surface area contributed by atoms with Crippen LogP contribution in [-0.2, 0) is 16.6 Å². The first-order valence-corrected chi connectivity index (χ1v) is 8.35. The lowest BCUT2D eigenvalue weighted by Gasteiger charge is -2.22. The van der Waals surface area contributed by atoms with E-state index in [4.69, 9.17) is 22.1 Å². The average molecular weight is 319 g/mol. The molecule has 5 nitrogen and oxygen atoms in total. The number of hydrogen-bond donors (Lipinski definition) is 1. The molecule has 0 heterocycles. The second-order valence-corrected chi connectivity index (χ2v) is 7.04. The first kappa shape index (κ1) is 15.6. The lowest BCUT2D eigenvalue weighted by molar-refractivity contribution is 0.387. The van der Waals surface area contributed by atoms with E-state index in [0.29, 0.717) is 17.1 Å². The van der Waals surface area contributed by atoms with Crippen molar-refractivity contribution in [2.45, 2.75) is 37.2 Å². The minimum atomic E-state index is -3.62. The van der Waals surface area contributed by atoms with Crippen LogP contribution in [0.1, 0.15) is 25.3 Å². The summed E-state index contributed by atoms with van der Waals surface area (Å²) < 4.78 is 32.3. The molecule has 0 unspecified atom stereocenters. The molecule has 1 saturated carbocycles. The summed E-state index contributed by atoms with van der Waals surface area (Å²) in [6, 6.07) is 3.15. The summed E-state index contributed by atoms with van der Waals surface area (Å²) in [5.74, 6) is 0.288. The number of rotatable bonds is 6. The summed E-state index contributed by atoms with van der Waals surface area (Å²) in [6.45, 7) is 2.43. The van der Waals surface area contributed by atoms with Gasteiger partial charge in [-0.15, -0.1) is 0 Å². The molecular formula is C13H19ClN2O3S. The van der Waals surface area contributed by atoms with Gasteiger partial charge in [0.2, 0.25) is 10.0 Å². The third kappa shape index (κ3) is 2.79. The molecule has 0 spiro atoms. The first-order valence-electron chi connectivity index (χ1n) is 6.54. The maximum atomic E-state index is 12.8. The third-order valence-electron chi connectivity index (χ3n) is 3.37. The van der Waals surface area contributed by atoms with Gasteiger partial charge in [-0.25, -0.2) is 8.42 Å². The highest BCUT2D eigenvalue weighted by Gasteiger charge is 2.38. The fourth-order valence-electron chi connectivity index (χ4n) is 2.31. The minimum Gasteiger partial charge on any atom is -0.495 e. The molecule has 1 aromatic rings. The fraction of sp³-hybridized carbons (Fsp3) is 0.538. The van der Waals surface area contributed by atoms with Crippen molar-refractivity contribution in [2.24, 2.45) is 5.73 Å². The molecule has 0 atom stereocenters. The summed E-state index contributed by atoms with van der Waals surface area (Å²) in [6.07, 6.45) is 1.80. The van der Waals surface area contributed by atoms with Gasteiger partial charge < -0.3 is 10.5 Å². The number of halogens is 1. The van der Waals surface area contributed by atoms with Gasteiger partial charge in [-0.3, -0.25) is 0 Å². The predicted octanol–water partition coefficient (Wildman–Crippen LogP) is 1.98. The number of nitrogens with zero attached hydrogens (tertiary/aromatic N) is 1. The van der Waals surface area contributed by atoms with E-state index in [1.807, 2.05) is 6.92 Å². The second kappa shape index (κ2) is 5.89. The SMILES string of the molecule is CCN(C1CC1)S(=O)(=O)c1cc(Cl)cc(CN)c1OC. The minimum absolute atomic E-state index is 0.0926. The van der Waals surface area contributed by atoms with Gasteiger partial charge in [0, 0.05) is 29.7 Å². The predicted molar refractivity (Wildman–Crippen MR) is 78.5 cm³/mol. The average Bonchev–Trinajstić information content (AvgIpc) is 3.22. The smallest absolute Gasteiger partial charge is 0.247 e. The highest BCUT2D eigenvalue weighted by molar-refractivity contribution is 7.89. The van der Waals surface area contributed by atoms with Crippen LogP contribution in [0.25, 0.3) is 0 Å². The molecular weight excluding hydrogens is 300 g/mol. The van der Waals surface area contributed by atoms with Crippen LogP contribution in [0.2, 0.25) is 5.02 Å². The lowest BCUT2D eigenvalue weighted by Crippen LogP contribution is -2.33. The molecule has 1 aromatic carbocycles. The van der Waals surface area contributed by atoms with Crippen molar-refractivity contribution in [3.8, 4) is 5.75 Å². The van der Waals surface area contributed by atoms with Gasteiger partial charge in [-0.1, -0.05) is 18.5 Å². The van der Waals surface area contributed by atoms with Crippen molar-refractivity contribution in [3.05, 3.63) is 22.7 Å². The molecule has 0 amide bonds. The Balaban J connectivity index is 2.58. The van der Waals surface area contributed by atoms with Crippen molar-refractivity contribution < 1.29 is 13.2 Å². The Morgan fingerprint density at radius 3 is 2.55 bits per heavy atom. The Morgan fingerprint density at radius 2 is 2.10 bits per heavy atom. The Kier molecular flexibility index (Phi) is 4.59. The second-order valence-electron chi connectivity index (χ2n) is 4.74. The quantitative estimate of drug-likeness (QED) is 0.870. The van der Waals surface area contributed by atoms with Gasteiger partial charge in [0.15, 0.2) is 0 Å². The Bertz CT molecular complexity index is 600. The van der Waals surface area contributed by atoms with E-state index in [0.717, 1.165) is 12.8 Å². The van der Waals surface area contributed by atoms with E-state index in [1.54, 1.807) is 6.07 Å². The normalized spacial score (nSPS) is 15.7. The molecule has 20 heavy (non-hydrogen) atoms. The maximum absolute atomic E-state index is 12.8. The summed E-state index contributed by atoms with van der Waals surface area (Å²) in [5, 5.41) is 0.344. The van der Waals surface area contributed by atoms with E-state index >= 15 is 0 Å². The number of benzene rings is 1. The van der Waals surface area contributed by atoms with E-state index in [9.17, 15) is 8.42 Å². The van der Waals surface area contributed by atoms with Crippen molar-refractivity contribution in [1.29, 1.82) is 0 Å². The third-order valence-corrected chi connectivity index (χ3v) is 5.62. The molecule has 1 aliphatic carbocycles. The van der Waals surface area contributed by atoms with E-state index in [1.165, 1.54) is 17.5 Å². The zero-order valence-corrected chi connectivity index (χ0v) is 13.2. The summed E-state index contributed by atoms with van der Waals surface area (Å²) >= 11 is 6.01. The highest BCUT2D eigenvalue weighted by atomic mass is 35.5. The largest absolute Gasteiger partial charge is 0.495 e. The number of hydrogen-bond acceptors (Lipinski definition) is 4. The van der Waals surface area contributed by atoms with E-state index in [2.05, 4.69) is 0 Å². The van der Waals surface area contributed by atoms with Crippen LogP contribution in [0.15, 0.2) is 17.0 Å². The Hall–Kier alpha value is -0.820. The van der Waals surface area contributed by atoms with Gasteiger partial charge >= 0.3 is 0 Å². The van der Waals surface area contributed by atoms with Crippen molar-refractivity contribution >= 4 is 21.6 Å². The fourth-order valence-corrected chi connectivity index (χ4v) is 4.54. The molecule has 1 aliphatic rings. The Labute approximate surface area is 124 Å². The summed E-state index contributed by atoms with van der Waals surface area (Å²) in [5.41, 5.74) is 6.23. The van der Waals surface area contributed by atoms with E-state index in [-0.39, 0.29) is 23.2 Å². The molecule has 7 heteroatoms. The topological polar surface area (TPSA) is 72.6 Å². The van der Waals surface area contributed by atoms with Gasteiger partial charge in [-0.2, -0.15) is 4.31 Å². The van der Waals surface area contributed by atoms with Crippen molar-refractivity contribution in [2.75, 3.05) is 13.7 Å². The van der Waals surface area contributed by atoms with Crippen molar-refractivity contribution in [1.82, 2.24) is 4.31 Å². The van der Waals surface area contributed by atoms with Crippen LogP contribution >= 0.6 is 11.6 Å². The van der Waals surface area contributed by atoms with Gasteiger partial charge in [-0.05, 0) is 25.0 Å². The van der Waals surface area contributed by atoms with Gasteiger partial charge in [0.05, 0.1) is 7.11 Å². The zero-order chi connectivity index (χ0) is 14.9. The van der Waals surface area contributed by atoms with Crippen LogP contribution in [0.4, 0.5) is 0 Å². The molecule has 1 fully saturated rings. The standard InChI is InChI=1S/C13H19ClN2O3S/c1-3-16(11-4-5-11)20(17,18)12-7-10(14)6-9(8-15)13(12)19-2/h6-7,11H,3-5,8,15H2,1-2H3. The number of sulfonamides is 1. The molecule has 112 valence electrons. The molecule has 0 aliphatic heterocycles. The summed E-state index contributed by atoms with van der Waals surface area (Å²) in [4.78, 5) is 0.0988. The van der Waals surface area contributed by atoms with Gasteiger partial charge in [0.25, 0.3) is 0 Å². The maximum Gasteiger partial charge on any atom is 0.247 e. The molecule has 2 N–H and O–H groups in total. The van der Waals surface area contributed by atoms with Crippen LogP contribution in [0, 0.1) is 0 Å². The highest BCUT2D eigenvalue weighted by Crippen LogP contribution is 2.37. The number of ether oxygens (including phenoxy) is 1. The van der Waals surface area contributed by atoms with Crippen LogP contribution in [0.5, 0.6) is 5.75 Å². The first-order chi connectivity index (χ1) is 9.45. The summed E-state index contributed by atoms with van der Waals surface area (Å²) in [7, 11) is -2.18. The van der Waals surface area contributed by atoms with Crippen molar-refractivity contribution in [3.63, 3.8) is 0 Å².